The second-order valence-corrected chi connectivity index (χ2v) is 19.5. The van der Waals surface area contributed by atoms with E-state index in [1.807, 2.05) is 134 Å². The number of para-hydroxylation sites is 6. The van der Waals surface area contributed by atoms with Crippen molar-refractivity contribution in [3.05, 3.63) is 246 Å². The topological polar surface area (TPSA) is 183 Å². The number of rotatable bonds is 7. The number of benzene rings is 9. The van der Waals surface area contributed by atoms with E-state index in [4.69, 9.17) is 9.97 Å². The molecule has 5 aromatic heterocycles. The van der Waals surface area contributed by atoms with Crippen LogP contribution in [0.25, 0.3) is 127 Å². The summed E-state index contributed by atoms with van der Waals surface area (Å²) in [5.41, 5.74) is 9.64. The fraction of sp³-hybridized carbons (Fsp3) is 0. The van der Waals surface area contributed by atoms with Gasteiger partial charge in [0.05, 0.1) is 103 Å². The van der Waals surface area contributed by atoms with Gasteiger partial charge in [-0.25, -0.2) is 9.97 Å². The molecule has 14 rings (SSSR count). The summed E-state index contributed by atoms with van der Waals surface area (Å²) in [7, 11) is 0. The first-order valence-corrected chi connectivity index (χ1v) is 25.8. The molecule has 0 aliphatic heterocycles. The molecule has 0 aliphatic rings. The van der Waals surface area contributed by atoms with Gasteiger partial charge in [0.2, 0.25) is 0 Å². The van der Waals surface area contributed by atoms with Crippen molar-refractivity contribution < 1.29 is 0 Å². The van der Waals surface area contributed by atoms with Gasteiger partial charge in [0.25, 0.3) is 0 Å². The summed E-state index contributed by atoms with van der Waals surface area (Å²) in [4.78, 5) is 10.6. The van der Waals surface area contributed by atoms with Crippen LogP contribution in [0.15, 0.2) is 213 Å². The summed E-state index contributed by atoms with van der Waals surface area (Å²) in [6.45, 7) is 0. The van der Waals surface area contributed by atoms with Gasteiger partial charge >= 0.3 is 0 Å². The van der Waals surface area contributed by atoms with Gasteiger partial charge in [0, 0.05) is 94.9 Å². The summed E-state index contributed by atoms with van der Waals surface area (Å²) in [6.07, 6.45) is 3.62. The lowest BCUT2D eigenvalue weighted by atomic mass is 9.76. The summed E-state index contributed by atoms with van der Waals surface area (Å²) in [5, 5.41) is 71.7. The Hall–Kier alpha value is -12.4. The lowest BCUT2D eigenvalue weighted by Crippen LogP contribution is -2.05. The van der Waals surface area contributed by atoms with Crippen LogP contribution in [0.5, 0.6) is 0 Å². The fourth-order valence-electron chi connectivity index (χ4n) is 12.1. The third-order valence-electron chi connectivity index (χ3n) is 15.3. The predicted octanol–water partition coefficient (Wildman–Crippen LogP) is 15.7. The lowest BCUT2D eigenvalue weighted by molar-refractivity contribution is 1.08. The maximum atomic E-state index is 11.4. The Balaban J connectivity index is 1.22. The highest BCUT2D eigenvalue weighted by Crippen LogP contribution is 2.56. The SMILES string of the molecule is N#Cc1cc(C#N)c(-c2c(-c3ccc(-n4c5ccccc5c5ccccc54)nc3)c(-c3ccc(-n4c5ccccc5c5ccccc54)nc3)c3c(c2-c2c(C#N)cc(C#N)cc2C#N)c2ccccc2n3-c2ccccc2)c(C#N)c1. The smallest absolute Gasteiger partial charge is 0.137 e. The summed E-state index contributed by atoms with van der Waals surface area (Å²) in [5.74, 6) is 1.28. The van der Waals surface area contributed by atoms with E-state index in [-0.39, 0.29) is 44.5 Å². The quantitative estimate of drug-likeness (QED) is 0.151. The van der Waals surface area contributed by atoms with Crippen LogP contribution in [0.4, 0.5) is 0 Å². The molecule has 0 unspecified atom stereocenters. The average molecular weight is 1030 g/mol. The molecule has 11 heteroatoms. The van der Waals surface area contributed by atoms with Crippen molar-refractivity contribution in [2.24, 2.45) is 0 Å². The number of hydrogen-bond acceptors (Lipinski definition) is 8. The van der Waals surface area contributed by atoms with Crippen molar-refractivity contribution in [3.8, 4) is 98.2 Å². The molecule has 81 heavy (non-hydrogen) atoms. The Morgan fingerprint density at radius 3 is 1.04 bits per heavy atom. The minimum Gasteiger partial charge on any atom is -0.309 e. The van der Waals surface area contributed by atoms with Crippen molar-refractivity contribution in [2.75, 3.05) is 0 Å². The van der Waals surface area contributed by atoms with Crippen LogP contribution in [0.2, 0.25) is 0 Å². The van der Waals surface area contributed by atoms with E-state index in [0.29, 0.717) is 55.9 Å². The molecule has 0 saturated heterocycles. The van der Waals surface area contributed by atoms with Crippen LogP contribution in [-0.4, -0.2) is 23.7 Å². The molecule has 0 saturated carbocycles. The van der Waals surface area contributed by atoms with E-state index < -0.39 is 0 Å². The van der Waals surface area contributed by atoms with Gasteiger partial charge in [-0.1, -0.05) is 109 Å². The summed E-state index contributed by atoms with van der Waals surface area (Å²) >= 11 is 0. The molecule has 0 bridgehead atoms. The minimum atomic E-state index is 0.00514. The zero-order valence-corrected chi connectivity index (χ0v) is 42.6. The number of aromatic nitrogens is 5. The van der Waals surface area contributed by atoms with Gasteiger partial charge in [-0.05, 0) is 91.0 Å². The Labute approximate surface area is 462 Å². The van der Waals surface area contributed by atoms with Crippen molar-refractivity contribution in [1.82, 2.24) is 23.7 Å². The van der Waals surface area contributed by atoms with Crippen LogP contribution in [0.3, 0.4) is 0 Å². The summed E-state index contributed by atoms with van der Waals surface area (Å²) in [6, 6.07) is 78.0. The molecule has 0 spiro atoms. The van der Waals surface area contributed by atoms with Gasteiger partial charge < -0.3 is 4.57 Å². The molecule has 9 aromatic carbocycles. The second kappa shape index (κ2) is 18.7. The van der Waals surface area contributed by atoms with Crippen LogP contribution >= 0.6 is 0 Å². The molecule has 14 aromatic rings. The molecule has 5 heterocycles. The molecule has 11 nitrogen and oxygen atoms in total. The fourth-order valence-corrected chi connectivity index (χ4v) is 12.1. The number of nitrogens with zero attached hydrogens (tertiary/aromatic N) is 11. The highest BCUT2D eigenvalue weighted by Gasteiger charge is 2.34. The zero-order chi connectivity index (χ0) is 54.9. The Morgan fingerprint density at radius 1 is 0.296 bits per heavy atom. The van der Waals surface area contributed by atoms with Crippen LogP contribution in [0, 0.1) is 68.0 Å². The van der Waals surface area contributed by atoms with Gasteiger partial charge in [0.1, 0.15) is 11.6 Å². The number of hydrogen-bond donors (Lipinski definition) is 0. The molecule has 0 amide bonds. The van der Waals surface area contributed by atoms with Gasteiger partial charge in [-0.15, -0.1) is 0 Å². The van der Waals surface area contributed by atoms with E-state index in [1.165, 1.54) is 24.3 Å². The monoisotopic (exact) mass is 1030 g/mol. The number of nitriles is 6. The third kappa shape index (κ3) is 7.09. The van der Waals surface area contributed by atoms with E-state index in [0.717, 1.165) is 60.2 Å². The predicted molar refractivity (Wildman–Crippen MR) is 315 cm³/mol. The highest BCUT2D eigenvalue weighted by atomic mass is 15.1. The standard InChI is InChI=1S/C70H35N11/c71-34-42-30-46(36-73)63(47(31-42)37-74)68-65(44-26-28-61(77-40-44)80-56-21-9-4-16-51(56)52-17-5-10-22-57(52)80)66(45-27-29-62(78-41-45)81-58-23-11-6-18-53(58)54-19-7-12-24-59(54)81)70-67(69(68)64-48(38-75)32-43(35-72)33-49(64)39-76)55-20-8-13-25-60(55)79(70)50-14-2-1-3-15-50/h1-33,40-41H. The Kier molecular flexibility index (Phi) is 10.9. The van der Waals surface area contributed by atoms with Crippen LogP contribution in [0.1, 0.15) is 33.4 Å². The van der Waals surface area contributed by atoms with Crippen molar-refractivity contribution in [2.45, 2.75) is 0 Å². The van der Waals surface area contributed by atoms with Gasteiger partial charge in [-0.2, -0.15) is 31.6 Å². The van der Waals surface area contributed by atoms with E-state index in [1.54, 1.807) is 6.20 Å². The molecule has 370 valence electrons. The van der Waals surface area contributed by atoms with Crippen LogP contribution < -0.4 is 0 Å². The molecule has 0 fully saturated rings. The first-order chi connectivity index (χ1) is 40.0. The first-order valence-electron chi connectivity index (χ1n) is 25.8. The lowest BCUT2D eigenvalue weighted by Gasteiger charge is -2.26. The average Bonchev–Trinajstić information content (AvgIpc) is 2.51. The maximum Gasteiger partial charge on any atom is 0.137 e. The van der Waals surface area contributed by atoms with E-state index in [2.05, 4.69) is 98.6 Å². The van der Waals surface area contributed by atoms with Crippen LogP contribution in [-0.2, 0) is 0 Å². The molecule has 0 atom stereocenters. The molecule has 0 N–H and O–H groups in total. The normalized spacial score (nSPS) is 11.1. The van der Waals surface area contributed by atoms with Gasteiger partial charge in [0.15, 0.2) is 0 Å². The second-order valence-electron chi connectivity index (χ2n) is 19.5. The van der Waals surface area contributed by atoms with E-state index >= 15 is 0 Å². The summed E-state index contributed by atoms with van der Waals surface area (Å²) < 4.78 is 6.42. The number of fused-ring (bicyclic) bond motifs is 9. The molecule has 0 radical (unpaired) electrons. The number of pyridine rings is 2. The molecular formula is C70H35N11. The van der Waals surface area contributed by atoms with Crippen molar-refractivity contribution >= 4 is 65.4 Å². The van der Waals surface area contributed by atoms with Gasteiger partial charge in [-0.3, -0.25) is 9.13 Å². The Morgan fingerprint density at radius 2 is 0.654 bits per heavy atom. The minimum absolute atomic E-state index is 0.00514. The maximum absolute atomic E-state index is 11.4. The molecular weight excluding hydrogens is 995 g/mol. The van der Waals surface area contributed by atoms with E-state index in [9.17, 15) is 31.6 Å². The van der Waals surface area contributed by atoms with Crippen molar-refractivity contribution in [1.29, 1.82) is 31.6 Å². The first kappa shape index (κ1) is 47.1. The highest BCUT2D eigenvalue weighted by molar-refractivity contribution is 6.27. The third-order valence-corrected chi connectivity index (χ3v) is 15.3. The molecule has 0 aliphatic carbocycles. The zero-order valence-electron chi connectivity index (χ0n) is 42.6. The largest absolute Gasteiger partial charge is 0.309 e. The Bertz CT molecular complexity index is 5110. The van der Waals surface area contributed by atoms with Crippen molar-refractivity contribution in [3.63, 3.8) is 0 Å².